The first-order valence-corrected chi connectivity index (χ1v) is 9.65. The molecule has 0 spiro atoms. The van der Waals surface area contributed by atoms with Crippen molar-refractivity contribution in [1.29, 1.82) is 0 Å². The lowest BCUT2D eigenvalue weighted by Crippen LogP contribution is -2.45. The van der Waals surface area contributed by atoms with Crippen LogP contribution in [0.3, 0.4) is 0 Å². The normalized spacial score (nSPS) is 22.1. The molecule has 0 N–H and O–H groups in total. The van der Waals surface area contributed by atoms with Crippen LogP contribution in [0.2, 0.25) is 0 Å². The third-order valence-corrected chi connectivity index (χ3v) is 6.61. The molecule has 2 fully saturated rings. The van der Waals surface area contributed by atoms with Crippen molar-refractivity contribution in [2.75, 3.05) is 26.2 Å². The van der Waals surface area contributed by atoms with Gasteiger partial charge in [0.1, 0.15) is 0 Å². The molecule has 0 bridgehead atoms. The first-order chi connectivity index (χ1) is 10.6. The van der Waals surface area contributed by atoms with E-state index >= 15 is 0 Å². The molecule has 1 aromatic rings. The van der Waals surface area contributed by atoms with E-state index in [9.17, 15) is 0 Å². The summed E-state index contributed by atoms with van der Waals surface area (Å²) < 4.78 is 2.59. The molecule has 3 heteroatoms. The fourth-order valence-electron chi connectivity index (χ4n) is 4.02. The Morgan fingerprint density at radius 2 is 1.45 bits per heavy atom. The summed E-state index contributed by atoms with van der Waals surface area (Å²) in [6.07, 6.45) is 6.96. The predicted molar refractivity (Wildman–Crippen MR) is 96.5 cm³/mol. The second-order valence-electron chi connectivity index (χ2n) is 7.08. The molecule has 2 aliphatic heterocycles. The van der Waals surface area contributed by atoms with E-state index in [4.69, 9.17) is 0 Å². The van der Waals surface area contributed by atoms with Crippen molar-refractivity contribution in [3.8, 4) is 0 Å². The molecule has 22 heavy (non-hydrogen) atoms. The van der Waals surface area contributed by atoms with Crippen molar-refractivity contribution in [3.05, 3.63) is 28.8 Å². The van der Waals surface area contributed by atoms with Gasteiger partial charge >= 0.3 is 0 Å². The fourth-order valence-corrected chi connectivity index (χ4v) is 5.08. The molecule has 2 aliphatic rings. The van der Waals surface area contributed by atoms with Gasteiger partial charge < -0.3 is 4.90 Å². The third kappa shape index (κ3) is 3.87. The van der Waals surface area contributed by atoms with Gasteiger partial charge in [0.05, 0.1) is 0 Å². The number of likely N-dealkylation sites (tertiary alicyclic amines) is 1. The maximum atomic E-state index is 2.76. The number of hydrogen-bond acceptors (Lipinski definition) is 3. The van der Waals surface area contributed by atoms with E-state index in [-0.39, 0.29) is 0 Å². The Kier molecular flexibility index (Phi) is 5.48. The minimum Gasteiger partial charge on any atom is -0.300 e. The van der Waals surface area contributed by atoms with Crippen LogP contribution in [0.4, 0.5) is 0 Å². The minimum absolute atomic E-state index is 0.845. The van der Waals surface area contributed by atoms with Gasteiger partial charge in [-0.25, -0.2) is 4.31 Å². The van der Waals surface area contributed by atoms with E-state index in [1.165, 1.54) is 79.9 Å². The molecule has 0 amide bonds. The highest BCUT2D eigenvalue weighted by Gasteiger charge is 2.26. The zero-order chi connectivity index (χ0) is 15.5. The zero-order valence-electron chi connectivity index (χ0n) is 14.4. The molecular formula is C19H30N2S. The molecule has 0 atom stereocenters. The van der Waals surface area contributed by atoms with Crippen LogP contribution in [0.1, 0.15) is 48.8 Å². The van der Waals surface area contributed by atoms with Crippen LogP contribution >= 0.6 is 11.9 Å². The topological polar surface area (TPSA) is 6.48 Å². The van der Waals surface area contributed by atoms with Crippen LogP contribution in [0.15, 0.2) is 17.0 Å². The SMILES string of the molecule is Cc1cc(C)c(SN2CCC(N3CCCCC3)CC2)c(C)c1. The zero-order valence-corrected chi connectivity index (χ0v) is 15.2. The lowest BCUT2D eigenvalue weighted by atomic mass is 10.0. The van der Waals surface area contributed by atoms with Crippen molar-refractivity contribution in [2.45, 2.75) is 63.8 Å². The first-order valence-electron chi connectivity index (χ1n) is 8.88. The Labute approximate surface area is 140 Å². The number of piperidine rings is 2. The molecule has 2 nitrogen and oxygen atoms in total. The van der Waals surface area contributed by atoms with Gasteiger partial charge in [-0.3, -0.25) is 0 Å². The van der Waals surface area contributed by atoms with Crippen LogP contribution < -0.4 is 0 Å². The van der Waals surface area contributed by atoms with Crippen LogP contribution in [0.25, 0.3) is 0 Å². The van der Waals surface area contributed by atoms with E-state index in [0.29, 0.717) is 0 Å². The summed E-state index contributed by atoms with van der Waals surface area (Å²) >= 11 is 1.99. The quantitative estimate of drug-likeness (QED) is 0.754. The molecular weight excluding hydrogens is 288 g/mol. The number of hydrogen-bond donors (Lipinski definition) is 0. The molecule has 0 saturated carbocycles. The largest absolute Gasteiger partial charge is 0.300 e. The molecule has 0 unspecified atom stereocenters. The van der Waals surface area contributed by atoms with Crippen LogP contribution in [0.5, 0.6) is 0 Å². The summed E-state index contributed by atoms with van der Waals surface area (Å²) in [5.41, 5.74) is 4.24. The number of benzene rings is 1. The molecule has 2 saturated heterocycles. The standard InChI is InChI=1S/C19H30N2S/c1-15-13-16(2)19(17(3)14-15)22-21-11-7-18(8-12-21)20-9-5-4-6-10-20/h13-14,18H,4-12H2,1-3H3. The van der Waals surface area contributed by atoms with Crippen molar-refractivity contribution >= 4 is 11.9 Å². The summed E-state index contributed by atoms with van der Waals surface area (Å²) in [7, 11) is 0. The summed E-state index contributed by atoms with van der Waals surface area (Å²) in [5.74, 6) is 0. The maximum Gasteiger partial charge on any atom is 0.0288 e. The fraction of sp³-hybridized carbons (Fsp3) is 0.684. The molecule has 0 radical (unpaired) electrons. The Balaban J connectivity index is 1.56. The molecule has 0 aliphatic carbocycles. The Morgan fingerprint density at radius 1 is 0.864 bits per heavy atom. The Hall–Kier alpha value is -0.510. The second-order valence-corrected chi connectivity index (χ2v) is 8.18. The Morgan fingerprint density at radius 3 is 2.05 bits per heavy atom. The Bertz CT molecular complexity index is 477. The smallest absolute Gasteiger partial charge is 0.0288 e. The molecule has 3 rings (SSSR count). The van der Waals surface area contributed by atoms with Crippen molar-refractivity contribution in [2.24, 2.45) is 0 Å². The molecule has 2 heterocycles. The molecule has 0 aromatic heterocycles. The lowest BCUT2D eigenvalue weighted by molar-refractivity contribution is 0.120. The minimum atomic E-state index is 0.845. The van der Waals surface area contributed by atoms with E-state index in [1.54, 1.807) is 0 Å². The van der Waals surface area contributed by atoms with Gasteiger partial charge in [-0.2, -0.15) is 0 Å². The summed E-state index contributed by atoms with van der Waals surface area (Å²) in [4.78, 5) is 4.23. The van der Waals surface area contributed by atoms with Gasteiger partial charge in [-0.15, -0.1) is 0 Å². The van der Waals surface area contributed by atoms with E-state index in [0.717, 1.165) is 6.04 Å². The van der Waals surface area contributed by atoms with Gasteiger partial charge in [0.2, 0.25) is 0 Å². The monoisotopic (exact) mass is 318 g/mol. The van der Waals surface area contributed by atoms with Gasteiger partial charge in [0.25, 0.3) is 0 Å². The van der Waals surface area contributed by atoms with Crippen LogP contribution in [-0.4, -0.2) is 41.4 Å². The predicted octanol–water partition coefficient (Wildman–Crippen LogP) is 4.57. The third-order valence-electron chi connectivity index (χ3n) is 5.16. The highest BCUT2D eigenvalue weighted by atomic mass is 32.2. The number of nitrogens with zero attached hydrogens (tertiary/aromatic N) is 2. The summed E-state index contributed by atoms with van der Waals surface area (Å²) in [5, 5.41) is 0. The van der Waals surface area contributed by atoms with Crippen molar-refractivity contribution in [1.82, 2.24) is 9.21 Å². The van der Waals surface area contributed by atoms with Crippen molar-refractivity contribution < 1.29 is 0 Å². The van der Waals surface area contributed by atoms with Gasteiger partial charge in [-0.05, 0) is 82.6 Å². The van der Waals surface area contributed by atoms with E-state index < -0.39 is 0 Å². The average molecular weight is 319 g/mol. The van der Waals surface area contributed by atoms with E-state index in [1.807, 2.05) is 11.9 Å². The molecule has 1 aromatic carbocycles. The number of rotatable bonds is 3. The van der Waals surface area contributed by atoms with Gasteiger partial charge in [0.15, 0.2) is 0 Å². The number of aryl methyl sites for hydroxylation is 3. The van der Waals surface area contributed by atoms with Crippen LogP contribution in [-0.2, 0) is 0 Å². The maximum absolute atomic E-state index is 2.76. The molecule has 122 valence electrons. The lowest BCUT2D eigenvalue weighted by Gasteiger charge is -2.40. The van der Waals surface area contributed by atoms with E-state index in [2.05, 4.69) is 42.1 Å². The van der Waals surface area contributed by atoms with Crippen molar-refractivity contribution in [3.63, 3.8) is 0 Å². The highest BCUT2D eigenvalue weighted by molar-refractivity contribution is 7.97. The van der Waals surface area contributed by atoms with Gasteiger partial charge in [-0.1, -0.05) is 24.1 Å². The highest BCUT2D eigenvalue weighted by Crippen LogP contribution is 2.33. The van der Waals surface area contributed by atoms with Gasteiger partial charge in [0, 0.05) is 24.0 Å². The van der Waals surface area contributed by atoms with Crippen LogP contribution in [0, 0.1) is 20.8 Å². The second kappa shape index (κ2) is 7.37. The summed E-state index contributed by atoms with van der Waals surface area (Å²) in [6.45, 7) is 11.9. The summed E-state index contributed by atoms with van der Waals surface area (Å²) in [6, 6.07) is 5.48. The average Bonchev–Trinajstić information content (AvgIpc) is 2.52. The first kappa shape index (κ1) is 16.4.